The molecule has 0 aliphatic heterocycles. The van der Waals surface area contributed by atoms with E-state index in [0.717, 1.165) is 23.3 Å². The Labute approximate surface area is 91.2 Å². The molecule has 1 aromatic rings. The van der Waals surface area contributed by atoms with Gasteiger partial charge in [-0.1, -0.05) is 18.2 Å². The second-order valence-electron chi connectivity index (χ2n) is 3.61. The first-order valence-corrected chi connectivity index (χ1v) is 5.12. The molecular formula is C13H18O2. The minimum Gasteiger partial charge on any atom is -0.496 e. The fraction of sp³-hybridized carbons (Fsp3) is 0.385. The molecule has 1 unspecified atom stereocenters. The van der Waals surface area contributed by atoms with Gasteiger partial charge in [-0.2, -0.15) is 0 Å². The summed E-state index contributed by atoms with van der Waals surface area (Å²) in [6.45, 7) is 5.62. The zero-order valence-electron chi connectivity index (χ0n) is 9.36. The average molecular weight is 206 g/mol. The molecule has 0 spiro atoms. The van der Waals surface area contributed by atoms with E-state index in [0.29, 0.717) is 6.42 Å². The van der Waals surface area contributed by atoms with Crippen LogP contribution >= 0.6 is 0 Å². The number of hydrogen-bond acceptors (Lipinski definition) is 2. The molecule has 0 aliphatic rings. The Balaban J connectivity index is 2.80. The van der Waals surface area contributed by atoms with Gasteiger partial charge in [-0.15, -0.1) is 6.58 Å². The molecule has 0 radical (unpaired) electrons. The normalized spacial score (nSPS) is 12.2. The molecule has 0 amide bonds. The number of aliphatic hydroxyl groups is 1. The van der Waals surface area contributed by atoms with Crippen LogP contribution in [0.4, 0.5) is 0 Å². The van der Waals surface area contributed by atoms with Crippen molar-refractivity contribution in [2.75, 3.05) is 7.11 Å². The van der Waals surface area contributed by atoms with E-state index in [2.05, 4.69) is 6.58 Å². The quantitative estimate of drug-likeness (QED) is 0.750. The molecule has 82 valence electrons. The van der Waals surface area contributed by atoms with Crippen molar-refractivity contribution >= 4 is 0 Å². The number of rotatable bonds is 5. The number of benzene rings is 1. The molecule has 0 aromatic heterocycles. The van der Waals surface area contributed by atoms with Crippen LogP contribution < -0.4 is 4.74 Å². The van der Waals surface area contributed by atoms with Crippen molar-refractivity contribution in [2.24, 2.45) is 0 Å². The third-order valence-electron chi connectivity index (χ3n) is 2.46. The summed E-state index contributed by atoms with van der Waals surface area (Å²) in [5.41, 5.74) is 1.98. The maximum absolute atomic E-state index is 9.86. The summed E-state index contributed by atoms with van der Waals surface area (Å²) in [5.74, 6) is 0.824. The summed E-state index contributed by atoms with van der Waals surface area (Å²) < 4.78 is 5.21. The van der Waals surface area contributed by atoms with E-state index in [-0.39, 0.29) is 0 Å². The first-order valence-electron chi connectivity index (χ1n) is 5.12. The lowest BCUT2D eigenvalue weighted by atomic mass is 10.0. The van der Waals surface area contributed by atoms with Crippen LogP contribution in [0.15, 0.2) is 30.9 Å². The number of ether oxygens (including phenoxy) is 1. The highest BCUT2D eigenvalue weighted by Crippen LogP contribution is 2.25. The van der Waals surface area contributed by atoms with Crippen LogP contribution in [0.5, 0.6) is 5.75 Å². The molecule has 0 saturated heterocycles. The SMILES string of the molecule is C=CCCC(O)c1ccc(C)c(OC)c1. The van der Waals surface area contributed by atoms with Gasteiger partial charge in [0.25, 0.3) is 0 Å². The van der Waals surface area contributed by atoms with Gasteiger partial charge in [-0.05, 0) is 37.0 Å². The van der Waals surface area contributed by atoms with Gasteiger partial charge in [0, 0.05) is 0 Å². The highest BCUT2D eigenvalue weighted by atomic mass is 16.5. The van der Waals surface area contributed by atoms with E-state index in [9.17, 15) is 5.11 Å². The lowest BCUT2D eigenvalue weighted by Crippen LogP contribution is -1.98. The summed E-state index contributed by atoms with van der Waals surface area (Å²) in [6.07, 6.45) is 2.90. The van der Waals surface area contributed by atoms with Gasteiger partial charge in [-0.25, -0.2) is 0 Å². The van der Waals surface area contributed by atoms with Gasteiger partial charge in [-0.3, -0.25) is 0 Å². The molecule has 1 atom stereocenters. The van der Waals surface area contributed by atoms with E-state index in [1.165, 1.54) is 0 Å². The van der Waals surface area contributed by atoms with E-state index in [1.54, 1.807) is 7.11 Å². The summed E-state index contributed by atoms with van der Waals surface area (Å²) in [4.78, 5) is 0. The molecule has 2 heteroatoms. The van der Waals surface area contributed by atoms with Gasteiger partial charge in [0.1, 0.15) is 5.75 Å². The number of hydrogen-bond donors (Lipinski definition) is 1. The van der Waals surface area contributed by atoms with Crippen LogP contribution in [0.3, 0.4) is 0 Å². The number of methoxy groups -OCH3 is 1. The molecule has 1 N–H and O–H groups in total. The van der Waals surface area contributed by atoms with Gasteiger partial charge < -0.3 is 9.84 Å². The Kier molecular flexibility index (Phi) is 4.37. The zero-order chi connectivity index (χ0) is 11.3. The number of aliphatic hydroxyl groups excluding tert-OH is 1. The van der Waals surface area contributed by atoms with Crippen LogP contribution in [-0.4, -0.2) is 12.2 Å². The predicted molar refractivity (Wildman–Crippen MR) is 62.1 cm³/mol. The molecule has 1 rings (SSSR count). The van der Waals surface area contributed by atoms with E-state index in [1.807, 2.05) is 31.2 Å². The van der Waals surface area contributed by atoms with Crippen LogP contribution in [0, 0.1) is 6.92 Å². The lowest BCUT2D eigenvalue weighted by molar-refractivity contribution is 0.168. The van der Waals surface area contributed by atoms with Gasteiger partial charge in [0.15, 0.2) is 0 Å². The third-order valence-corrected chi connectivity index (χ3v) is 2.46. The maximum atomic E-state index is 9.86. The number of allylic oxidation sites excluding steroid dienone is 1. The summed E-state index contributed by atoms with van der Waals surface area (Å²) in [6, 6.07) is 5.79. The second kappa shape index (κ2) is 5.56. The first kappa shape index (κ1) is 11.8. The maximum Gasteiger partial charge on any atom is 0.122 e. The van der Waals surface area contributed by atoms with Crippen molar-refractivity contribution in [3.63, 3.8) is 0 Å². The summed E-state index contributed by atoms with van der Waals surface area (Å²) >= 11 is 0. The van der Waals surface area contributed by atoms with Gasteiger partial charge in [0.05, 0.1) is 13.2 Å². The minimum atomic E-state index is -0.433. The fourth-order valence-corrected chi connectivity index (χ4v) is 1.49. The van der Waals surface area contributed by atoms with Crippen molar-refractivity contribution in [3.05, 3.63) is 42.0 Å². The van der Waals surface area contributed by atoms with Crippen LogP contribution in [-0.2, 0) is 0 Å². The average Bonchev–Trinajstić information content (AvgIpc) is 2.26. The topological polar surface area (TPSA) is 29.5 Å². The highest BCUT2D eigenvalue weighted by molar-refractivity contribution is 5.37. The van der Waals surface area contributed by atoms with Crippen LogP contribution in [0.25, 0.3) is 0 Å². The smallest absolute Gasteiger partial charge is 0.122 e. The van der Waals surface area contributed by atoms with Crippen molar-refractivity contribution in [1.82, 2.24) is 0 Å². The summed E-state index contributed by atoms with van der Waals surface area (Å²) in [5, 5.41) is 9.86. The summed E-state index contributed by atoms with van der Waals surface area (Å²) in [7, 11) is 1.64. The van der Waals surface area contributed by atoms with Crippen molar-refractivity contribution < 1.29 is 9.84 Å². The van der Waals surface area contributed by atoms with Crippen molar-refractivity contribution in [3.8, 4) is 5.75 Å². The Morgan fingerprint density at radius 1 is 1.53 bits per heavy atom. The molecule has 0 saturated carbocycles. The minimum absolute atomic E-state index is 0.433. The molecule has 15 heavy (non-hydrogen) atoms. The Morgan fingerprint density at radius 3 is 2.87 bits per heavy atom. The highest BCUT2D eigenvalue weighted by Gasteiger charge is 2.08. The second-order valence-corrected chi connectivity index (χ2v) is 3.61. The molecule has 0 bridgehead atoms. The molecule has 1 aromatic carbocycles. The van der Waals surface area contributed by atoms with Crippen molar-refractivity contribution in [2.45, 2.75) is 25.9 Å². The zero-order valence-corrected chi connectivity index (χ0v) is 9.36. The Bertz CT molecular complexity index is 331. The van der Waals surface area contributed by atoms with Crippen LogP contribution in [0.1, 0.15) is 30.1 Å². The molecule has 0 aliphatic carbocycles. The van der Waals surface area contributed by atoms with Crippen LogP contribution in [0.2, 0.25) is 0 Å². The lowest BCUT2D eigenvalue weighted by Gasteiger charge is -2.12. The van der Waals surface area contributed by atoms with Gasteiger partial charge in [0.2, 0.25) is 0 Å². The van der Waals surface area contributed by atoms with E-state index < -0.39 is 6.10 Å². The molecule has 0 fully saturated rings. The van der Waals surface area contributed by atoms with Gasteiger partial charge >= 0.3 is 0 Å². The molecule has 0 heterocycles. The Hall–Kier alpha value is -1.28. The molecule has 2 nitrogen and oxygen atoms in total. The Morgan fingerprint density at radius 2 is 2.27 bits per heavy atom. The predicted octanol–water partition coefficient (Wildman–Crippen LogP) is 3.00. The van der Waals surface area contributed by atoms with E-state index in [4.69, 9.17) is 4.74 Å². The number of aryl methyl sites for hydroxylation is 1. The van der Waals surface area contributed by atoms with Crippen molar-refractivity contribution in [1.29, 1.82) is 0 Å². The third kappa shape index (κ3) is 3.10. The van der Waals surface area contributed by atoms with E-state index >= 15 is 0 Å². The largest absolute Gasteiger partial charge is 0.496 e. The first-order chi connectivity index (χ1) is 7.19. The fourth-order valence-electron chi connectivity index (χ4n) is 1.49. The monoisotopic (exact) mass is 206 g/mol. The molecular weight excluding hydrogens is 188 g/mol. The standard InChI is InChI=1S/C13H18O2/c1-4-5-6-12(14)11-8-7-10(2)13(9-11)15-3/h4,7-9,12,14H,1,5-6H2,2-3H3.